The Morgan fingerprint density at radius 3 is 2.73 bits per heavy atom. The summed E-state index contributed by atoms with van der Waals surface area (Å²) in [6.45, 7) is 0. The van der Waals surface area contributed by atoms with Crippen molar-refractivity contribution >= 4 is 23.7 Å². The fourth-order valence-electron chi connectivity index (χ4n) is 1.08. The average Bonchev–Trinajstić information content (AvgIpc) is 2.26. The number of Topliss-reactive ketones (excluding diaryl/α,β-unsaturated/α-hetero) is 1. The number of halogens is 2. The number of carbonyl (C=O) groups is 2. The van der Waals surface area contributed by atoms with E-state index in [9.17, 15) is 14.0 Å². The Bertz CT molecular complexity index is 465. The number of carbonyl (C=O) groups excluding carboxylic acids is 2. The zero-order chi connectivity index (χ0) is 11.4. The summed E-state index contributed by atoms with van der Waals surface area (Å²) in [7, 11) is 0. The number of benzene rings is 1. The molecule has 0 atom stereocenters. The monoisotopic (exact) mass is 225 g/mol. The summed E-state index contributed by atoms with van der Waals surface area (Å²) >= 11 is 5.28. The molecular formula is C10H5ClFNO2. The zero-order valence-electron chi connectivity index (χ0n) is 7.46. The lowest BCUT2D eigenvalue weighted by atomic mass is 10.0. The number of rotatable bonds is 3. The quantitative estimate of drug-likeness (QED) is 0.449. The van der Waals surface area contributed by atoms with Crippen molar-refractivity contribution in [3.8, 4) is 6.07 Å². The second-order valence-corrected chi connectivity index (χ2v) is 2.98. The third-order valence-corrected chi connectivity index (χ3v) is 2.05. The van der Waals surface area contributed by atoms with E-state index in [0.29, 0.717) is 6.29 Å². The second-order valence-electron chi connectivity index (χ2n) is 2.71. The standard InChI is InChI=1S/C10H5ClFNO2/c11-3-10(15)6-1-7(5-14)8(4-13)9(12)2-6/h1-2,5H,3H2. The van der Waals surface area contributed by atoms with Crippen LogP contribution in [0.25, 0.3) is 0 Å². The lowest BCUT2D eigenvalue weighted by Crippen LogP contribution is -2.04. The number of nitrogens with zero attached hydrogens (tertiary/aromatic N) is 1. The van der Waals surface area contributed by atoms with Crippen LogP contribution in [-0.4, -0.2) is 17.9 Å². The van der Waals surface area contributed by atoms with Crippen LogP contribution in [0.5, 0.6) is 0 Å². The molecule has 0 fully saturated rings. The fraction of sp³-hybridized carbons (Fsp3) is 0.100. The Hall–Kier alpha value is -1.73. The van der Waals surface area contributed by atoms with Crippen LogP contribution in [0.3, 0.4) is 0 Å². The second kappa shape index (κ2) is 4.67. The Morgan fingerprint density at radius 1 is 1.60 bits per heavy atom. The summed E-state index contributed by atoms with van der Waals surface area (Å²) in [6.07, 6.45) is 0.326. The summed E-state index contributed by atoms with van der Waals surface area (Å²) < 4.78 is 13.2. The smallest absolute Gasteiger partial charge is 0.177 e. The van der Waals surface area contributed by atoms with E-state index in [1.165, 1.54) is 0 Å². The van der Waals surface area contributed by atoms with Gasteiger partial charge >= 0.3 is 0 Å². The van der Waals surface area contributed by atoms with E-state index in [2.05, 4.69) is 0 Å². The molecule has 1 aromatic rings. The average molecular weight is 226 g/mol. The highest BCUT2D eigenvalue weighted by Crippen LogP contribution is 2.15. The third-order valence-electron chi connectivity index (χ3n) is 1.80. The number of nitriles is 1. The topological polar surface area (TPSA) is 57.9 Å². The number of hydrogen-bond acceptors (Lipinski definition) is 3. The minimum atomic E-state index is -0.893. The van der Waals surface area contributed by atoms with Gasteiger partial charge in [-0.15, -0.1) is 11.6 Å². The van der Waals surface area contributed by atoms with Crippen LogP contribution < -0.4 is 0 Å². The molecule has 0 aromatic heterocycles. The van der Waals surface area contributed by atoms with Crippen molar-refractivity contribution in [2.24, 2.45) is 0 Å². The van der Waals surface area contributed by atoms with E-state index >= 15 is 0 Å². The largest absolute Gasteiger partial charge is 0.298 e. The zero-order valence-corrected chi connectivity index (χ0v) is 8.21. The van der Waals surface area contributed by atoms with Crippen molar-refractivity contribution in [1.82, 2.24) is 0 Å². The summed E-state index contributed by atoms with van der Waals surface area (Å²) in [5.74, 6) is -1.69. The Kier molecular flexibility index (Phi) is 3.53. The van der Waals surface area contributed by atoms with Crippen molar-refractivity contribution in [3.63, 3.8) is 0 Å². The molecule has 0 heterocycles. The number of ketones is 1. The first-order chi connectivity index (χ1) is 7.13. The van der Waals surface area contributed by atoms with Crippen LogP contribution in [0.2, 0.25) is 0 Å². The molecule has 0 aliphatic heterocycles. The highest BCUT2D eigenvalue weighted by Gasteiger charge is 2.13. The summed E-state index contributed by atoms with van der Waals surface area (Å²) in [6, 6.07) is 3.60. The summed E-state index contributed by atoms with van der Waals surface area (Å²) in [5.41, 5.74) is -0.523. The SMILES string of the molecule is N#Cc1c(F)cc(C(=O)CCl)cc1C=O. The maximum absolute atomic E-state index is 13.2. The van der Waals surface area contributed by atoms with E-state index in [1.54, 1.807) is 6.07 Å². The van der Waals surface area contributed by atoms with E-state index in [-0.39, 0.29) is 22.6 Å². The van der Waals surface area contributed by atoms with Gasteiger partial charge in [-0.3, -0.25) is 9.59 Å². The summed E-state index contributed by atoms with van der Waals surface area (Å²) in [5, 5.41) is 8.56. The third kappa shape index (κ3) is 2.20. The molecule has 0 spiro atoms. The minimum absolute atomic E-state index is 0.0106. The first-order valence-corrected chi connectivity index (χ1v) is 4.45. The Labute approximate surface area is 90.1 Å². The van der Waals surface area contributed by atoms with E-state index in [4.69, 9.17) is 16.9 Å². The lowest BCUT2D eigenvalue weighted by Gasteiger charge is -2.01. The van der Waals surface area contributed by atoms with E-state index < -0.39 is 11.6 Å². The molecule has 0 saturated carbocycles. The molecule has 1 aromatic carbocycles. The molecule has 5 heteroatoms. The van der Waals surface area contributed by atoms with Gasteiger partial charge in [0.05, 0.1) is 11.4 Å². The van der Waals surface area contributed by atoms with E-state index in [0.717, 1.165) is 12.1 Å². The minimum Gasteiger partial charge on any atom is -0.298 e. The van der Waals surface area contributed by atoms with Crippen molar-refractivity contribution in [2.45, 2.75) is 0 Å². The van der Waals surface area contributed by atoms with Gasteiger partial charge in [-0.2, -0.15) is 5.26 Å². The molecule has 1 rings (SSSR count). The van der Waals surface area contributed by atoms with Gasteiger partial charge in [0.25, 0.3) is 0 Å². The van der Waals surface area contributed by atoms with Crippen LogP contribution >= 0.6 is 11.6 Å². The van der Waals surface area contributed by atoms with Gasteiger partial charge in [-0.1, -0.05) is 0 Å². The highest BCUT2D eigenvalue weighted by molar-refractivity contribution is 6.30. The molecule has 0 aliphatic carbocycles. The van der Waals surface area contributed by atoms with Gasteiger partial charge in [0.15, 0.2) is 12.1 Å². The van der Waals surface area contributed by atoms with Gasteiger partial charge < -0.3 is 0 Å². The molecular weight excluding hydrogens is 221 g/mol. The van der Waals surface area contributed by atoms with Crippen LogP contribution in [-0.2, 0) is 0 Å². The predicted molar refractivity (Wildman–Crippen MR) is 51.6 cm³/mol. The van der Waals surface area contributed by atoms with Crippen LogP contribution in [0.15, 0.2) is 12.1 Å². The van der Waals surface area contributed by atoms with Crippen molar-refractivity contribution in [1.29, 1.82) is 5.26 Å². The number of aldehydes is 1. The maximum Gasteiger partial charge on any atom is 0.177 e. The fourth-order valence-corrected chi connectivity index (χ4v) is 1.23. The van der Waals surface area contributed by atoms with Gasteiger partial charge in [0, 0.05) is 11.1 Å². The lowest BCUT2D eigenvalue weighted by molar-refractivity contribution is 0.102. The van der Waals surface area contributed by atoms with Gasteiger partial charge in [-0.25, -0.2) is 4.39 Å². The van der Waals surface area contributed by atoms with Crippen molar-refractivity contribution < 1.29 is 14.0 Å². The number of alkyl halides is 1. The molecule has 0 aliphatic rings. The maximum atomic E-state index is 13.2. The molecule has 76 valence electrons. The first kappa shape index (κ1) is 11.3. The van der Waals surface area contributed by atoms with Crippen molar-refractivity contribution in [3.05, 3.63) is 34.6 Å². The van der Waals surface area contributed by atoms with E-state index in [1.807, 2.05) is 0 Å². The van der Waals surface area contributed by atoms with Crippen molar-refractivity contribution in [2.75, 3.05) is 5.88 Å². The molecule has 0 radical (unpaired) electrons. The molecule has 15 heavy (non-hydrogen) atoms. The molecule has 0 N–H and O–H groups in total. The summed E-state index contributed by atoms with van der Waals surface area (Å²) in [4.78, 5) is 21.7. The van der Waals surface area contributed by atoms with Gasteiger partial charge in [0.2, 0.25) is 0 Å². The molecule has 0 bridgehead atoms. The predicted octanol–water partition coefficient (Wildman–Crippen LogP) is 1.93. The van der Waals surface area contributed by atoms with Gasteiger partial charge in [-0.05, 0) is 12.1 Å². The molecule has 3 nitrogen and oxygen atoms in total. The van der Waals surface area contributed by atoms with Crippen LogP contribution in [0.1, 0.15) is 26.3 Å². The Balaban J connectivity index is 3.39. The van der Waals surface area contributed by atoms with Crippen LogP contribution in [0.4, 0.5) is 4.39 Å². The number of hydrogen-bond donors (Lipinski definition) is 0. The highest BCUT2D eigenvalue weighted by atomic mass is 35.5. The normalized spacial score (nSPS) is 9.40. The molecule has 0 saturated heterocycles. The molecule has 0 unspecified atom stereocenters. The first-order valence-electron chi connectivity index (χ1n) is 3.92. The van der Waals surface area contributed by atoms with Crippen LogP contribution in [0, 0.1) is 17.1 Å². The molecule has 0 amide bonds. The van der Waals surface area contributed by atoms with Gasteiger partial charge in [0.1, 0.15) is 11.9 Å². The Morgan fingerprint density at radius 2 is 2.27 bits per heavy atom.